The van der Waals surface area contributed by atoms with Crippen molar-refractivity contribution in [2.45, 2.75) is 0 Å². The summed E-state index contributed by atoms with van der Waals surface area (Å²) < 4.78 is 2.31. The minimum absolute atomic E-state index is 0.797. The lowest BCUT2D eigenvalue weighted by Crippen LogP contribution is -2.19. The second kappa shape index (κ2) is 11.0. The van der Waals surface area contributed by atoms with E-state index in [0.717, 1.165) is 66.9 Å². The molecule has 0 fully saturated rings. The van der Waals surface area contributed by atoms with E-state index in [2.05, 4.69) is 103 Å². The van der Waals surface area contributed by atoms with E-state index < -0.39 is 0 Å². The molecule has 0 spiro atoms. The molecular formula is C43H29N5. The number of benzene rings is 5. The van der Waals surface area contributed by atoms with Gasteiger partial charge in [-0.15, -0.1) is 0 Å². The first kappa shape index (κ1) is 27.7. The minimum atomic E-state index is 0.797. The van der Waals surface area contributed by atoms with Crippen LogP contribution in [-0.2, 0) is 0 Å². The van der Waals surface area contributed by atoms with E-state index in [0.29, 0.717) is 0 Å². The molecular weight excluding hydrogens is 587 g/mol. The molecule has 3 heterocycles. The van der Waals surface area contributed by atoms with Crippen LogP contribution in [0, 0.1) is 0 Å². The van der Waals surface area contributed by atoms with Crippen molar-refractivity contribution in [2.75, 3.05) is 5.01 Å². The van der Waals surface area contributed by atoms with Crippen molar-refractivity contribution in [1.29, 1.82) is 0 Å². The zero-order valence-corrected chi connectivity index (χ0v) is 26.1. The molecule has 0 saturated heterocycles. The molecule has 0 radical (unpaired) electrons. The predicted molar refractivity (Wildman–Crippen MR) is 204 cm³/mol. The van der Waals surface area contributed by atoms with Crippen LogP contribution in [0.1, 0.15) is 5.56 Å². The first-order valence-corrected chi connectivity index (χ1v) is 16.0. The number of allylic oxidation sites excluding steroid dienone is 5. The van der Waals surface area contributed by atoms with Crippen molar-refractivity contribution >= 4 is 78.0 Å². The number of hydrogen-bond acceptors (Lipinski definition) is 4. The van der Waals surface area contributed by atoms with E-state index in [1.165, 1.54) is 21.5 Å². The van der Waals surface area contributed by atoms with Crippen LogP contribution < -0.4 is 5.01 Å². The Labute approximate surface area is 277 Å². The molecule has 0 N–H and O–H groups in total. The normalized spacial score (nSPS) is 12.9. The third-order valence-electron chi connectivity index (χ3n) is 9.10. The van der Waals surface area contributed by atoms with Gasteiger partial charge in [-0.1, -0.05) is 122 Å². The molecule has 0 unspecified atom stereocenters. The number of hydrogen-bond donors (Lipinski definition) is 0. The van der Waals surface area contributed by atoms with Crippen LogP contribution in [0.4, 0.5) is 11.4 Å². The Kier molecular flexibility index (Phi) is 6.37. The molecule has 0 atom stereocenters. The van der Waals surface area contributed by atoms with Gasteiger partial charge in [0.15, 0.2) is 5.82 Å². The summed E-state index contributed by atoms with van der Waals surface area (Å²) in [5, 5.41) is 14.0. The smallest absolute Gasteiger partial charge is 0.165 e. The van der Waals surface area contributed by atoms with Crippen molar-refractivity contribution in [3.05, 3.63) is 158 Å². The highest BCUT2D eigenvalue weighted by Crippen LogP contribution is 2.55. The summed E-state index contributed by atoms with van der Waals surface area (Å²) >= 11 is 0. The summed E-state index contributed by atoms with van der Waals surface area (Å²) in [6.45, 7) is 7.78. The highest BCUT2D eigenvalue weighted by atomic mass is 15.5. The molecule has 5 heteroatoms. The van der Waals surface area contributed by atoms with Gasteiger partial charge >= 0.3 is 0 Å². The Balaban J connectivity index is 1.49. The number of anilines is 2. The molecule has 1 aliphatic heterocycles. The molecule has 0 saturated carbocycles. The van der Waals surface area contributed by atoms with Gasteiger partial charge in [0.05, 0.1) is 33.4 Å². The number of para-hydroxylation sites is 2. The first-order valence-electron chi connectivity index (χ1n) is 16.0. The van der Waals surface area contributed by atoms with E-state index >= 15 is 0 Å². The van der Waals surface area contributed by atoms with Gasteiger partial charge in [0.1, 0.15) is 5.69 Å². The summed E-state index contributed by atoms with van der Waals surface area (Å²) in [5.41, 5.74) is 8.88. The summed E-state index contributed by atoms with van der Waals surface area (Å²) in [6, 6.07) is 38.0. The zero-order chi connectivity index (χ0) is 32.2. The van der Waals surface area contributed by atoms with E-state index in [1.54, 1.807) is 6.08 Å². The molecule has 5 nitrogen and oxygen atoms in total. The van der Waals surface area contributed by atoms with Crippen molar-refractivity contribution in [3.8, 4) is 17.1 Å². The van der Waals surface area contributed by atoms with Gasteiger partial charge < -0.3 is 0 Å². The van der Waals surface area contributed by atoms with Crippen LogP contribution in [0.15, 0.2) is 158 Å². The Hall–Kier alpha value is -6.59. The van der Waals surface area contributed by atoms with E-state index in [9.17, 15) is 0 Å². The second-order valence-corrected chi connectivity index (χ2v) is 11.7. The largest absolute Gasteiger partial charge is 0.292 e. The lowest BCUT2D eigenvalue weighted by molar-refractivity contribution is 1.07. The monoisotopic (exact) mass is 615 g/mol. The maximum atomic E-state index is 5.34. The quantitative estimate of drug-likeness (QED) is 0.132. The Bertz CT molecular complexity index is 2710. The molecule has 8 aromatic rings. The third kappa shape index (κ3) is 4.01. The van der Waals surface area contributed by atoms with Gasteiger partial charge in [-0.3, -0.25) is 4.57 Å². The highest BCUT2D eigenvalue weighted by molar-refractivity contribution is 6.35. The Morgan fingerprint density at radius 2 is 1.29 bits per heavy atom. The van der Waals surface area contributed by atoms with Crippen LogP contribution >= 0.6 is 0 Å². The van der Waals surface area contributed by atoms with Crippen molar-refractivity contribution < 1.29 is 0 Å². The maximum Gasteiger partial charge on any atom is 0.165 e. The predicted octanol–water partition coefficient (Wildman–Crippen LogP) is 11.1. The second-order valence-electron chi connectivity index (χ2n) is 11.7. The average Bonchev–Trinajstić information content (AvgIpc) is 3.46. The topological polar surface area (TPSA) is 46.3 Å². The van der Waals surface area contributed by atoms with Crippen LogP contribution in [0.2, 0.25) is 0 Å². The molecule has 6 aromatic carbocycles. The SMILES string of the molecule is C=C/C=C\C=N/N1c2ccc3c4c2c1c(/C=C\C=C)c1ccccc1c1cccc(c14)n3-c1nc2ccccc2nc1-c1ccccc1. The molecule has 0 bridgehead atoms. The molecule has 226 valence electrons. The van der Waals surface area contributed by atoms with Gasteiger partial charge in [-0.2, -0.15) is 5.10 Å². The zero-order valence-electron chi connectivity index (χ0n) is 26.1. The summed E-state index contributed by atoms with van der Waals surface area (Å²) in [5.74, 6) is 0.797. The van der Waals surface area contributed by atoms with Gasteiger partial charge in [-0.05, 0) is 52.6 Å². The fraction of sp³-hybridized carbons (Fsp3) is 0. The van der Waals surface area contributed by atoms with Crippen LogP contribution in [0.3, 0.4) is 0 Å². The summed E-state index contributed by atoms with van der Waals surface area (Å²) in [4.78, 5) is 10.6. The molecule has 48 heavy (non-hydrogen) atoms. The summed E-state index contributed by atoms with van der Waals surface area (Å²) in [7, 11) is 0. The lowest BCUT2D eigenvalue weighted by atomic mass is 9.90. The van der Waals surface area contributed by atoms with E-state index in [1.807, 2.05) is 65.9 Å². The molecule has 0 aliphatic carbocycles. The van der Waals surface area contributed by atoms with Crippen LogP contribution in [-0.4, -0.2) is 20.7 Å². The number of nitrogens with zero attached hydrogens (tertiary/aromatic N) is 5. The lowest BCUT2D eigenvalue weighted by Gasteiger charge is -2.33. The third-order valence-corrected chi connectivity index (χ3v) is 9.10. The van der Waals surface area contributed by atoms with Gasteiger partial charge in [0.25, 0.3) is 0 Å². The standard InChI is InChI=1S/C43H29N5/c1-3-5-14-27-44-48-37-26-25-36-39-38-31(29-19-10-11-20-30(29)32(18-6-4-2)42(48)40(37)39)21-15-24-35(38)47(36)43-41(28-16-8-7-9-17-28)45-33-22-12-13-23-34(33)46-43/h3-27H,1-2H2/b14-5-,18-6-,31-29?,32-30?,42-32?,44-27-. The van der Waals surface area contributed by atoms with Crippen LogP contribution in [0.5, 0.6) is 0 Å². The van der Waals surface area contributed by atoms with Crippen LogP contribution in [0.25, 0.3) is 77.5 Å². The molecule has 9 rings (SSSR count). The van der Waals surface area contributed by atoms with Gasteiger partial charge in [-0.25, -0.2) is 15.0 Å². The molecule has 2 aromatic heterocycles. The maximum absolute atomic E-state index is 5.34. The van der Waals surface area contributed by atoms with Gasteiger partial charge in [0, 0.05) is 33.5 Å². The summed E-state index contributed by atoms with van der Waals surface area (Å²) in [6.07, 6.45) is 13.3. The van der Waals surface area contributed by atoms with Crippen molar-refractivity contribution in [2.24, 2.45) is 5.10 Å². The number of hydrazone groups is 1. The fourth-order valence-corrected chi connectivity index (χ4v) is 7.13. The Morgan fingerprint density at radius 1 is 0.583 bits per heavy atom. The highest BCUT2D eigenvalue weighted by Gasteiger charge is 2.33. The van der Waals surface area contributed by atoms with Gasteiger partial charge in [0.2, 0.25) is 0 Å². The minimum Gasteiger partial charge on any atom is -0.292 e. The average molecular weight is 616 g/mol. The van der Waals surface area contributed by atoms with Crippen molar-refractivity contribution in [3.63, 3.8) is 0 Å². The first-order chi connectivity index (χ1) is 23.8. The molecule has 0 amide bonds. The number of aromatic nitrogens is 3. The fourth-order valence-electron chi connectivity index (χ4n) is 7.13. The van der Waals surface area contributed by atoms with E-state index in [-0.39, 0.29) is 0 Å². The number of rotatable bonds is 7. The Morgan fingerprint density at radius 3 is 2.10 bits per heavy atom. The number of fused-ring (bicyclic) bond motifs is 3. The van der Waals surface area contributed by atoms with E-state index in [4.69, 9.17) is 15.1 Å². The molecule has 1 aliphatic rings. The van der Waals surface area contributed by atoms with Crippen molar-refractivity contribution in [1.82, 2.24) is 14.5 Å².